The normalized spacial score (nSPS) is 11.6. The molecule has 0 saturated carbocycles. The smallest absolute Gasteiger partial charge is 0.131 e. The van der Waals surface area contributed by atoms with Gasteiger partial charge in [0, 0.05) is 5.56 Å². The highest BCUT2D eigenvalue weighted by Crippen LogP contribution is 2.29. The summed E-state index contributed by atoms with van der Waals surface area (Å²) < 4.78 is 0. The number of H-pyrrole nitrogens is 2. The highest BCUT2D eigenvalue weighted by atomic mass is 14.9. The monoisotopic (exact) mass is 362 g/mol. The molecule has 5 rings (SSSR count). The van der Waals surface area contributed by atoms with Gasteiger partial charge in [-0.1, -0.05) is 61.2 Å². The highest BCUT2D eigenvalue weighted by Gasteiger charge is 2.09. The first-order valence-electron chi connectivity index (χ1n) is 9.14. The van der Waals surface area contributed by atoms with E-state index in [9.17, 15) is 0 Å². The molecule has 0 bridgehead atoms. The van der Waals surface area contributed by atoms with Crippen LogP contribution in [0.25, 0.3) is 51.4 Å². The molecule has 2 heterocycles. The molecular formula is C24H18N4. The number of imidazole rings is 2. The third-order valence-corrected chi connectivity index (χ3v) is 4.77. The van der Waals surface area contributed by atoms with Gasteiger partial charge in [0.2, 0.25) is 0 Å². The van der Waals surface area contributed by atoms with Crippen molar-refractivity contribution < 1.29 is 0 Å². The average Bonchev–Trinajstić information content (AvgIpc) is 3.35. The number of benzene rings is 3. The summed E-state index contributed by atoms with van der Waals surface area (Å²) in [6, 6.07) is 22.6. The Labute approximate surface area is 162 Å². The second kappa shape index (κ2) is 6.67. The number of nitrogens with one attached hydrogen (secondary N) is 2. The molecule has 0 aliphatic rings. The van der Waals surface area contributed by atoms with Crippen molar-refractivity contribution in [3.63, 3.8) is 0 Å². The summed E-state index contributed by atoms with van der Waals surface area (Å²) in [6.45, 7) is 3.80. The van der Waals surface area contributed by atoms with E-state index in [1.165, 1.54) is 0 Å². The molecule has 0 atom stereocenters. The molecule has 5 aromatic rings. The average molecular weight is 362 g/mol. The number of fused-ring (bicyclic) bond motifs is 2. The molecule has 0 amide bonds. The van der Waals surface area contributed by atoms with Crippen molar-refractivity contribution in [1.82, 2.24) is 19.9 Å². The van der Waals surface area contributed by atoms with E-state index in [4.69, 9.17) is 0 Å². The van der Waals surface area contributed by atoms with Crippen molar-refractivity contribution >= 4 is 40.3 Å². The third-order valence-electron chi connectivity index (χ3n) is 4.77. The molecular weight excluding hydrogens is 344 g/mol. The summed E-state index contributed by atoms with van der Waals surface area (Å²) >= 11 is 0. The van der Waals surface area contributed by atoms with Crippen molar-refractivity contribution in [3.05, 3.63) is 90.5 Å². The van der Waals surface area contributed by atoms with E-state index >= 15 is 0 Å². The van der Waals surface area contributed by atoms with Gasteiger partial charge < -0.3 is 9.97 Å². The van der Waals surface area contributed by atoms with Crippen molar-refractivity contribution in [2.45, 2.75) is 0 Å². The molecule has 0 fully saturated rings. The van der Waals surface area contributed by atoms with E-state index in [0.29, 0.717) is 0 Å². The van der Waals surface area contributed by atoms with Crippen LogP contribution >= 0.6 is 0 Å². The van der Waals surface area contributed by atoms with Crippen LogP contribution in [0.5, 0.6) is 0 Å². The van der Waals surface area contributed by atoms with Crippen molar-refractivity contribution in [1.29, 1.82) is 0 Å². The molecule has 28 heavy (non-hydrogen) atoms. The SMILES string of the molecule is C=Cc1nc2c(-c3ccc4nc(C=Cc5ccccc5)[nH]c4c3)cccc2[nH]1. The number of hydrogen-bond acceptors (Lipinski definition) is 2. The molecule has 2 aromatic heterocycles. The van der Waals surface area contributed by atoms with Crippen LogP contribution in [0, 0.1) is 0 Å². The van der Waals surface area contributed by atoms with Gasteiger partial charge in [-0.3, -0.25) is 0 Å². The molecule has 0 spiro atoms. The molecule has 0 unspecified atom stereocenters. The second-order valence-electron chi connectivity index (χ2n) is 6.63. The first-order chi connectivity index (χ1) is 13.8. The number of para-hydroxylation sites is 1. The van der Waals surface area contributed by atoms with Gasteiger partial charge in [0.15, 0.2) is 0 Å². The van der Waals surface area contributed by atoms with Crippen LogP contribution < -0.4 is 0 Å². The Morgan fingerprint density at radius 3 is 2.46 bits per heavy atom. The summed E-state index contributed by atoms with van der Waals surface area (Å²) in [5, 5.41) is 0. The zero-order chi connectivity index (χ0) is 18.9. The number of hydrogen-bond donors (Lipinski definition) is 2. The Kier molecular flexibility index (Phi) is 3.87. The highest BCUT2D eigenvalue weighted by molar-refractivity contribution is 5.95. The van der Waals surface area contributed by atoms with Crippen LogP contribution in [0.15, 0.2) is 73.3 Å². The first-order valence-corrected chi connectivity index (χ1v) is 9.14. The van der Waals surface area contributed by atoms with E-state index in [0.717, 1.165) is 50.4 Å². The summed E-state index contributed by atoms with van der Waals surface area (Å²) in [5.41, 5.74) is 7.22. The largest absolute Gasteiger partial charge is 0.338 e. The molecule has 0 aliphatic heterocycles. The number of nitrogens with zero attached hydrogens (tertiary/aromatic N) is 2. The van der Waals surface area contributed by atoms with Gasteiger partial charge in [-0.25, -0.2) is 9.97 Å². The minimum Gasteiger partial charge on any atom is -0.338 e. The van der Waals surface area contributed by atoms with Crippen molar-refractivity contribution in [2.24, 2.45) is 0 Å². The van der Waals surface area contributed by atoms with Gasteiger partial charge in [-0.2, -0.15) is 0 Å². The molecule has 0 aliphatic carbocycles. The Balaban J connectivity index is 1.55. The zero-order valence-corrected chi connectivity index (χ0v) is 15.2. The lowest BCUT2D eigenvalue weighted by Gasteiger charge is -2.02. The molecule has 3 aromatic carbocycles. The fourth-order valence-corrected chi connectivity index (χ4v) is 3.40. The minimum atomic E-state index is 0.776. The molecule has 0 saturated heterocycles. The number of rotatable bonds is 4. The zero-order valence-electron chi connectivity index (χ0n) is 15.2. The predicted octanol–water partition coefficient (Wildman–Crippen LogP) is 5.92. The second-order valence-corrected chi connectivity index (χ2v) is 6.63. The van der Waals surface area contributed by atoms with E-state index in [1.807, 2.05) is 42.5 Å². The standard InChI is InChI=1S/C24H18N4/c1-2-22-26-20-10-6-9-18(24(20)28-22)17-12-13-19-21(15-17)27-23(25-19)14-11-16-7-4-3-5-8-16/h2-15H,1H2,(H,25,27)(H,26,28). The topological polar surface area (TPSA) is 57.4 Å². The quantitative estimate of drug-likeness (QED) is 0.417. The maximum absolute atomic E-state index is 4.66. The summed E-state index contributed by atoms with van der Waals surface area (Å²) in [5.74, 6) is 1.61. The lowest BCUT2D eigenvalue weighted by atomic mass is 10.0. The van der Waals surface area contributed by atoms with Crippen molar-refractivity contribution in [2.75, 3.05) is 0 Å². The van der Waals surface area contributed by atoms with E-state index < -0.39 is 0 Å². The van der Waals surface area contributed by atoms with E-state index in [-0.39, 0.29) is 0 Å². The van der Waals surface area contributed by atoms with Crippen LogP contribution in [-0.2, 0) is 0 Å². The Hall–Kier alpha value is -3.92. The Morgan fingerprint density at radius 2 is 1.61 bits per heavy atom. The van der Waals surface area contributed by atoms with Crippen LogP contribution in [0.1, 0.15) is 17.2 Å². The lowest BCUT2D eigenvalue weighted by Crippen LogP contribution is -1.81. The maximum atomic E-state index is 4.66. The Morgan fingerprint density at radius 1 is 0.750 bits per heavy atom. The summed E-state index contributed by atoms with van der Waals surface area (Å²) in [4.78, 5) is 16.0. The van der Waals surface area contributed by atoms with Gasteiger partial charge in [-0.15, -0.1) is 0 Å². The van der Waals surface area contributed by atoms with Gasteiger partial charge in [0.1, 0.15) is 11.6 Å². The van der Waals surface area contributed by atoms with Gasteiger partial charge in [-0.05, 0) is 41.5 Å². The van der Waals surface area contributed by atoms with Crippen LogP contribution in [0.4, 0.5) is 0 Å². The first kappa shape index (κ1) is 16.3. The fourth-order valence-electron chi connectivity index (χ4n) is 3.40. The molecule has 134 valence electrons. The molecule has 4 nitrogen and oxygen atoms in total. The van der Waals surface area contributed by atoms with Gasteiger partial charge >= 0.3 is 0 Å². The summed E-state index contributed by atoms with van der Waals surface area (Å²) in [7, 11) is 0. The molecule has 2 N–H and O–H groups in total. The van der Waals surface area contributed by atoms with Crippen molar-refractivity contribution in [3.8, 4) is 11.1 Å². The van der Waals surface area contributed by atoms with E-state index in [1.54, 1.807) is 6.08 Å². The number of aromatic nitrogens is 4. The molecule has 0 radical (unpaired) electrons. The van der Waals surface area contributed by atoms with E-state index in [2.05, 4.69) is 62.9 Å². The Bertz CT molecular complexity index is 1320. The van der Waals surface area contributed by atoms with Gasteiger partial charge in [0.25, 0.3) is 0 Å². The fraction of sp³-hybridized carbons (Fsp3) is 0. The number of aromatic amines is 2. The van der Waals surface area contributed by atoms with Crippen LogP contribution in [0.3, 0.4) is 0 Å². The van der Waals surface area contributed by atoms with Crippen LogP contribution in [0.2, 0.25) is 0 Å². The maximum Gasteiger partial charge on any atom is 0.131 e. The predicted molar refractivity (Wildman–Crippen MR) is 117 cm³/mol. The van der Waals surface area contributed by atoms with Crippen LogP contribution in [-0.4, -0.2) is 19.9 Å². The third kappa shape index (κ3) is 2.91. The minimum absolute atomic E-state index is 0.776. The summed E-state index contributed by atoms with van der Waals surface area (Å²) in [6.07, 6.45) is 5.78. The van der Waals surface area contributed by atoms with Gasteiger partial charge in [0.05, 0.1) is 22.1 Å². The molecule has 4 heteroatoms. The lowest BCUT2D eigenvalue weighted by molar-refractivity contribution is 1.29.